The van der Waals surface area contributed by atoms with Gasteiger partial charge in [0.05, 0.1) is 6.61 Å². The van der Waals surface area contributed by atoms with E-state index in [0.717, 1.165) is 24.0 Å². The van der Waals surface area contributed by atoms with Crippen LogP contribution in [-0.2, 0) is 23.9 Å². The summed E-state index contributed by atoms with van der Waals surface area (Å²) in [6.45, 7) is 34.4. The average molecular weight is 554 g/mol. The summed E-state index contributed by atoms with van der Waals surface area (Å²) in [5, 5.41) is 8.92. The zero-order valence-corrected chi connectivity index (χ0v) is 27.1. The Morgan fingerprint density at radius 2 is 1.05 bits per heavy atom. The van der Waals surface area contributed by atoms with Crippen LogP contribution < -0.4 is 0 Å². The molecule has 0 rings (SSSR count). The first kappa shape index (κ1) is 43.5. The average Bonchev–Trinajstić information content (AvgIpc) is 2.80. The molecule has 0 spiro atoms. The fourth-order valence-corrected chi connectivity index (χ4v) is 2.69. The molecule has 0 saturated heterocycles. The molecular formula is C32H59NO6. The molecule has 2 unspecified atom stereocenters. The van der Waals surface area contributed by atoms with Gasteiger partial charge in [-0.1, -0.05) is 68.4 Å². The Labute approximate surface area is 240 Å². The van der Waals surface area contributed by atoms with E-state index >= 15 is 0 Å². The van der Waals surface area contributed by atoms with E-state index in [1.54, 1.807) is 0 Å². The van der Waals surface area contributed by atoms with Crippen LogP contribution in [0.25, 0.3) is 0 Å². The van der Waals surface area contributed by atoms with Crippen LogP contribution in [0.1, 0.15) is 95.9 Å². The topological polar surface area (TPSA) is 93.1 Å². The third kappa shape index (κ3) is 37.7. The van der Waals surface area contributed by atoms with Crippen molar-refractivity contribution in [1.82, 2.24) is 4.90 Å². The molecule has 39 heavy (non-hydrogen) atoms. The number of rotatable bonds is 12. The lowest BCUT2D eigenvalue weighted by Crippen LogP contribution is -2.21. The molecule has 228 valence electrons. The van der Waals surface area contributed by atoms with Gasteiger partial charge in [-0.05, 0) is 74.0 Å². The Bertz CT molecular complexity index is 737. The normalized spacial score (nSPS) is 10.9. The molecular weight excluding hydrogens is 494 g/mol. The van der Waals surface area contributed by atoms with Crippen LogP contribution in [0.5, 0.6) is 0 Å². The Balaban J connectivity index is -0.000000219. The fraction of sp³-hybridized carbons (Fsp3) is 0.656. The summed E-state index contributed by atoms with van der Waals surface area (Å²) in [5.74, 6) is -0.868. The molecule has 7 heteroatoms. The van der Waals surface area contributed by atoms with E-state index in [-0.39, 0.29) is 24.4 Å². The molecule has 0 bridgehead atoms. The van der Waals surface area contributed by atoms with E-state index in [9.17, 15) is 14.4 Å². The molecule has 0 fully saturated rings. The molecule has 0 amide bonds. The quantitative estimate of drug-likeness (QED) is 0.157. The van der Waals surface area contributed by atoms with Gasteiger partial charge in [-0.2, -0.15) is 0 Å². The van der Waals surface area contributed by atoms with E-state index in [1.165, 1.54) is 51.6 Å². The number of aliphatic hydroxyl groups is 1. The van der Waals surface area contributed by atoms with Crippen molar-refractivity contribution in [2.45, 2.75) is 95.9 Å². The van der Waals surface area contributed by atoms with Crippen LogP contribution in [0.15, 0.2) is 47.6 Å². The first-order valence-electron chi connectivity index (χ1n) is 13.7. The van der Waals surface area contributed by atoms with E-state index in [4.69, 9.17) is 9.84 Å². The van der Waals surface area contributed by atoms with Gasteiger partial charge in [-0.25, -0.2) is 0 Å². The summed E-state index contributed by atoms with van der Waals surface area (Å²) in [5.41, 5.74) is 4.69. The van der Waals surface area contributed by atoms with Gasteiger partial charge in [0.15, 0.2) is 0 Å². The van der Waals surface area contributed by atoms with Gasteiger partial charge >= 0.3 is 17.9 Å². The highest BCUT2D eigenvalue weighted by Gasteiger charge is 2.09. The molecule has 0 aromatic heterocycles. The van der Waals surface area contributed by atoms with Gasteiger partial charge in [-0.3, -0.25) is 14.4 Å². The number of nitrogens with zero attached hydrogens (tertiary/aromatic N) is 1. The van der Waals surface area contributed by atoms with Crippen molar-refractivity contribution in [3.63, 3.8) is 0 Å². The smallest absolute Gasteiger partial charge is 0.310 e. The van der Waals surface area contributed by atoms with Crippen molar-refractivity contribution in [2.24, 2.45) is 11.8 Å². The number of esters is 3. The third-order valence-corrected chi connectivity index (χ3v) is 5.35. The number of carbonyl (C=O) groups is 3. The van der Waals surface area contributed by atoms with Crippen molar-refractivity contribution >= 4 is 17.9 Å². The van der Waals surface area contributed by atoms with Gasteiger partial charge in [0.1, 0.15) is 0 Å². The van der Waals surface area contributed by atoms with Crippen LogP contribution >= 0.6 is 0 Å². The predicted molar refractivity (Wildman–Crippen MR) is 164 cm³/mol. The summed E-state index contributed by atoms with van der Waals surface area (Å²) in [7, 11) is 0. The van der Waals surface area contributed by atoms with Gasteiger partial charge < -0.3 is 19.5 Å². The Kier molecular flexibility index (Phi) is 31.8. The van der Waals surface area contributed by atoms with Crippen molar-refractivity contribution in [1.29, 1.82) is 0 Å². The molecule has 0 radical (unpaired) electrons. The first-order chi connectivity index (χ1) is 18.0. The van der Waals surface area contributed by atoms with Crippen molar-refractivity contribution in [2.75, 3.05) is 32.8 Å². The molecule has 0 aromatic rings. The number of allylic oxidation sites excluding steroid dienone is 4. The first-order valence-corrected chi connectivity index (χ1v) is 13.7. The van der Waals surface area contributed by atoms with Crippen molar-refractivity contribution in [3.8, 4) is 0 Å². The summed E-state index contributed by atoms with van der Waals surface area (Å²) >= 11 is 0. The molecule has 0 aromatic carbocycles. The van der Waals surface area contributed by atoms with E-state index in [2.05, 4.69) is 83.4 Å². The highest BCUT2D eigenvalue weighted by molar-refractivity contribution is 5.82. The van der Waals surface area contributed by atoms with E-state index < -0.39 is 11.9 Å². The van der Waals surface area contributed by atoms with Crippen LogP contribution in [0.3, 0.4) is 0 Å². The maximum Gasteiger partial charge on any atom is 0.310 e. The number of hydrogen-bond donors (Lipinski definition) is 1. The third-order valence-electron chi connectivity index (χ3n) is 5.35. The Hall–Kier alpha value is -2.51. The molecule has 0 aliphatic rings. The standard InChI is InChI=1S/C12H20O2.C10H18O.C6H15N.C4H6O3/c1-9(2)6-7-12(10(3)4)8-14-11(5)13;1-8(2)5-6-10(7-11)9(3)4;1-4-7(5-2)6-3;1-3(5)7-4(2)6/h6,12H,3,7-8H2,1-2,4-5H3;5,10-11H,3,6-7H2,1-2,4H3;4-6H2,1-3H3;1-2H3. The van der Waals surface area contributed by atoms with Gasteiger partial charge in [0.2, 0.25) is 0 Å². The highest BCUT2D eigenvalue weighted by atomic mass is 16.6. The highest BCUT2D eigenvalue weighted by Crippen LogP contribution is 2.15. The fourth-order valence-electron chi connectivity index (χ4n) is 2.69. The Morgan fingerprint density at radius 1 is 0.692 bits per heavy atom. The maximum atomic E-state index is 10.6. The van der Waals surface area contributed by atoms with Crippen molar-refractivity contribution in [3.05, 3.63) is 47.6 Å². The lowest BCUT2D eigenvalue weighted by Gasteiger charge is -2.14. The second-order valence-electron chi connectivity index (χ2n) is 9.81. The van der Waals surface area contributed by atoms with E-state index in [1.807, 2.05) is 13.8 Å². The van der Waals surface area contributed by atoms with Crippen LogP contribution in [0, 0.1) is 11.8 Å². The predicted octanol–water partition coefficient (Wildman–Crippen LogP) is 7.07. The van der Waals surface area contributed by atoms with Gasteiger partial charge in [0, 0.05) is 39.2 Å². The molecule has 2 atom stereocenters. The molecule has 0 aliphatic carbocycles. The number of carbonyl (C=O) groups excluding carboxylic acids is 3. The molecule has 1 N–H and O–H groups in total. The minimum Gasteiger partial charge on any atom is -0.465 e. The number of ether oxygens (including phenoxy) is 2. The minimum absolute atomic E-state index is 0.207. The number of hydrogen-bond acceptors (Lipinski definition) is 7. The molecule has 7 nitrogen and oxygen atoms in total. The summed E-state index contributed by atoms with van der Waals surface area (Å²) in [6.07, 6.45) is 6.08. The number of aliphatic hydroxyl groups excluding tert-OH is 1. The van der Waals surface area contributed by atoms with Crippen LogP contribution in [-0.4, -0.2) is 60.8 Å². The lowest BCUT2D eigenvalue weighted by atomic mass is 9.98. The second kappa shape index (κ2) is 28.5. The largest absolute Gasteiger partial charge is 0.465 e. The summed E-state index contributed by atoms with van der Waals surface area (Å²) in [4.78, 5) is 32.6. The monoisotopic (exact) mass is 553 g/mol. The Morgan fingerprint density at radius 3 is 1.23 bits per heavy atom. The molecule has 0 heterocycles. The zero-order chi connectivity index (χ0) is 31.6. The molecule has 0 saturated carbocycles. The minimum atomic E-state index is -0.562. The van der Waals surface area contributed by atoms with Crippen molar-refractivity contribution < 1.29 is 29.0 Å². The SMILES string of the molecule is C=C(C)C(CC=C(C)C)COC(C)=O.C=C(C)C(CO)CC=C(C)C.CC(=O)OC(C)=O.CCN(CC)CC. The van der Waals surface area contributed by atoms with Gasteiger partial charge in [-0.15, -0.1) is 0 Å². The summed E-state index contributed by atoms with van der Waals surface area (Å²) < 4.78 is 8.94. The van der Waals surface area contributed by atoms with Gasteiger partial charge in [0.25, 0.3) is 0 Å². The second-order valence-corrected chi connectivity index (χ2v) is 9.81. The maximum absolute atomic E-state index is 10.6. The van der Waals surface area contributed by atoms with Crippen LogP contribution in [0.4, 0.5) is 0 Å². The van der Waals surface area contributed by atoms with Crippen LogP contribution in [0.2, 0.25) is 0 Å². The molecule has 0 aliphatic heterocycles. The zero-order valence-electron chi connectivity index (χ0n) is 27.1. The summed E-state index contributed by atoms with van der Waals surface area (Å²) in [6, 6.07) is 0. The lowest BCUT2D eigenvalue weighted by molar-refractivity contribution is -0.156. The van der Waals surface area contributed by atoms with E-state index in [0.29, 0.717) is 6.61 Å².